The summed E-state index contributed by atoms with van der Waals surface area (Å²) in [5.41, 5.74) is 4.93. The first kappa shape index (κ1) is 15.1. The number of primary amides is 1. The van der Waals surface area contributed by atoms with Crippen molar-refractivity contribution in [2.75, 3.05) is 0 Å². The highest BCUT2D eigenvalue weighted by Crippen LogP contribution is 2.29. The van der Waals surface area contributed by atoms with Gasteiger partial charge in [0.2, 0.25) is 0 Å². The van der Waals surface area contributed by atoms with E-state index in [0.717, 1.165) is 11.3 Å². The molecule has 0 aromatic carbocycles. The first-order valence-corrected chi connectivity index (χ1v) is 6.81. The molecule has 3 N–H and O–H groups in total. The van der Waals surface area contributed by atoms with E-state index < -0.39 is 12.1 Å². The number of carbonyl (C=O) groups is 1. The van der Waals surface area contributed by atoms with Gasteiger partial charge in [-0.2, -0.15) is 5.06 Å². The number of thiophene rings is 1. The predicted octanol–water partition coefficient (Wildman–Crippen LogP) is 3.44. The van der Waals surface area contributed by atoms with Crippen LogP contribution in [-0.4, -0.2) is 22.3 Å². The molecule has 0 spiro atoms. The van der Waals surface area contributed by atoms with Crippen LogP contribution < -0.4 is 10.5 Å². The van der Waals surface area contributed by atoms with Crippen molar-refractivity contribution in [1.82, 2.24) is 5.06 Å². The molecule has 1 atom stereocenters. The van der Waals surface area contributed by atoms with Crippen LogP contribution in [0.5, 0.6) is 11.0 Å². The van der Waals surface area contributed by atoms with Crippen molar-refractivity contribution in [2.24, 2.45) is 5.73 Å². The first-order chi connectivity index (χ1) is 9.95. The Morgan fingerprint density at radius 3 is 3.00 bits per heavy atom. The number of amides is 2. The number of hydrogen-bond acceptors (Lipinski definition) is 5. The van der Waals surface area contributed by atoms with E-state index in [-0.39, 0.29) is 11.8 Å². The summed E-state index contributed by atoms with van der Waals surface area (Å²) in [5, 5.41) is 11.4. The Labute approximate surface area is 123 Å². The zero-order chi connectivity index (χ0) is 15.4. The maximum Gasteiger partial charge on any atom is 0.339 e. The zero-order valence-corrected chi connectivity index (χ0v) is 11.8. The van der Waals surface area contributed by atoms with Gasteiger partial charge in [-0.05, 0) is 19.1 Å². The van der Waals surface area contributed by atoms with Crippen LogP contribution in [0.25, 0.3) is 6.08 Å². The van der Waals surface area contributed by atoms with Crippen molar-refractivity contribution < 1.29 is 23.5 Å². The number of rotatable bonds is 5. The van der Waals surface area contributed by atoms with Gasteiger partial charge in [0.15, 0.2) is 5.06 Å². The van der Waals surface area contributed by atoms with Gasteiger partial charge in [-0.15, -0.1) is 11.3 Å². The van der Waals surface area contributed by atoms with Gasteiger partial charge in [0.1, 0.15) is 11.6 Å². The van der Waals surface area contributed by atoms with Gasteiger partial charge in [-0.1, -0.05) is 6.08 Å². The van der Waals surface area contributed by atoms with Gasteiger partial charge >= 0.3 is 6.03 Å². The molecule has 21 heavy (non-hydrogen) atoms. The van der Waals surface area contributed by atoms with Crippen LogP contribution in [0.15, 0.2) is 34.1 Å². The largest absolute Gasteiger partial charge is 0.426 e. The van der Waals surface area contributed by atoms with Crippen molar-refractivity contribution in [3.8, 4) is 11.0 Å². The summed E-state index contributed by atoms with van der Waals surface area (Å²) in [6.45, 7) is 1.58. The van der Waals surface area contributed by atoms with Gasteiger partial charge < -0.3 is 14.9 Å². The summed E-state index contributed by atoms with van der Waals surface area (Å²) in [6.07, 6.45) is 3.08. The van der Waals surface area contributed by atoms with Crippen LogP contribution in [-0.2, 0) is 0 Å². The number of urea groups is 1. The van der Waals surface area contributed by atoms with E-state index in [0.29, 0.717) is 15.9 Å². The van der Waals surface area contributed by atoms with E-state index in [1.807, 2.05) is 0 Å². The number of carbonyl (C=O) groups excluding carboxylic acids is 1. The third-order valence-electron chi connectivity index (χ3n) is 2.50. The molecule has 2 aromatic rings. The highest BCUT2D eigenvalue weighted by atomic mass is 32.1. The molecule has 6 nitrogen and oxygen atoms in total. The summed E-state index contributed by atoms with van der Waals surface area (Å²) < 4.78 is 23.5. The number of nitrogens with zero attached hydrogens (tertiary/aromatic N) is 1. The van der Waals surface area contributed by atoms with Crippen LogP contribution in [0, 0.1) is 5.82 Å². The molecule has 0 aliphatic heterocycles. The predicted molar refractivity (Wildman–Crippen MR) is 74.8 cm³/mol. The fraction of sp³-hybridized carbons (Fsp3) is 0.154. The molecule has 0 radical (unpaired) electrons. The van der Waals surface area contributed by atoms with Gasteiger partial charge in [0.25, 0.3) is 5.95 Å². The van der Waals surface area contributed by atoms with Gasteiger partial charge in [-0.3, -0.25) is 5.21 Å². The molecule has 0 bridgehead atoms. The molecule has 2 aromatic heterocycles. The van der Waals surface area contributed by atoms with E-state index >= 15 is 0 Å². The molecule has 0 aliphatic carbocycles. The topological polar surface area (TPSA) is 88.9 Å². The Morgan fingerprint density at radius 1 is 1.62 bits per heavy atom. The lowest BCUT2D eigenvalue weighted by Crippen LogP contribution is -2.38. The second-order valence-electron chi connectivity index (χ2n) is 4.13. The van der Waals surface area contributed by atoms with Gasteiger partial charge in [0.05, 0.1) is 6.04 Å². The van der Waals surface area contributed by atoms with Crippen molar-refractivity contribution in [1.29, 1.82) is 0 Å². The third kappa shape index (κ3) is 4.07. The van der Waals surface area contributed by atoms with E-state index in [4.69, 9.17) is 14.9 Å². The highest BCUT2D eigenvalue weighted by molar-refractivity contribution is 7.11. The molecule has 0 fully saturated rings. The molecular weight excluding hydrogens is 299 g/mol. The van der Waals surface area contributed by atoms with E-state index in [9.17, 15) is 14.4 Å². The molecule has 2 rings (SSSR count). The summed E-state index contributed by atoms with van der Waals surface area (Å²) in [4.78, 5) is 10.8. The minimum Gasteiger partial charge on any atom is -0.426 e. The van der Waals surface area contributed by atoms with Crippen molar-refractivity contribution >= 4 is 23.4 Å². The number of halogens is 1. The minimum absolute atomic E-state index is 0.208. The Balaban J connectivity index is 1.98. The summed E-state index contributed by atoms with van der Waals surface area (Å²) >= 11 is 1.11. The Bertz CT molecular complexity index is 652. The van der Waals surface area contributed by atoms with Crippen LogP contribution in [0.1, 0.15) is 12.7 Å². The van der Waals surface area contributed by atoms with Crippen LogP contribution >= 0.6 is 11.3 Å². The normalized spacial score (nSPS) is 12.5. The fourth-order valence-electron chi connectivity index (χ4n) is 1.44. The zero-order valence-electron chi connectivity index (χ0n) is 11.0. The van der Waals surface area contributed by atoms with Crippen LogP contribution in [0.3, 0.4) is 0 Å². The number of hydrogen-bond donors (Lipinski definition) is 2. The van der Waals surface area contributed by atoms with Gasteiger partial charge in [-0.25, -0.2) is 9.18 Å². The third-order valence-corrected chi connectivity index (χ3v) is 3.27. The molecular formula is C13H13FN2O4S. The summed E-state index contributed by atoms with van der Waals surface area (Å²) in [6, 6.07) is 2.90. The average molecular weight is 312 g/mol. The van der Waals surface area contributed by atoms with Crippen molar-refractivity contribution in [3.05, 3.63) is 41.2 Å². The second kappa shape index (κ2) is 6.42. The molecule has 0 saturated heterocycles. The van der Waals surface area contributed by atoms with Crippen molar-refractivity contribution in [3.63, 3.8) is 0 Å². The highest BCUT2D eigenvalue weighted by Gasteiger charge is 2.12. The number of nitrogens with two attached hydrogens (primary N) is 1. The lowest BCUT2D eigenvalue weighted by Gasteiger charge is -2.16. The molecule has 8 heteroatoms. The molecule has 0 saturated carbocycles. The van der Waals surface area contributed by atoms with E-state index in [1.165, 1.54) is 17.5 Å². The minimum atomic E-state index is -0.949. The molecule has 2 heterocycles. The van der Waals surface area contributed by atoms with E-state index in [1.54, 1.807) is 25.1 Å². The smallest absolute Gasteiger partial charge is 0.339 e. The van der Waals surface area contributed by atoms with Crippen molar-refractivity contribution in [2.45, 2.75) is 13.0 Å². The standard InChI is InChI=1S/C13H13FN2O4S/c1-8(16(18)13(15)17)2-3-10-4-5-11(19-10)20-12-6-9(14)7-21-12/h2-8,18H,1H3,(H2,15,17). The number of hydroxylamine groups is 2. The molecule has 1 unspecified atom stereocenters. The van der Waals surface area contributed by atoms with Crippen LogP contribution in [0.2, 0.25) is 0 Å². The molecule has 2 amide bonds. The Kier molecular flexibility index (Phi) is 4.61. The maximum atomic E-state index is 12.8. The quantitative estimate of drug-likeness (QED) is 0.653. The monoisotopic (exact) mass is 312 g/mol. The summed E-state index contributed by atoms with van der Waals surface area (Å²) in [7, 11) is 0. The lowest BCUT2D eigenvalue weighted by atomic mass is 10.3. The average Bonchev–Trinajstić information content (AvgIpc) is 3.05. The SMILES string of the molecule is CC(C=Cc1ccc(Oc2cc(F)cs2)o1)N(O)C(N)=O. The summed E-state index contributed by atoms with van der Waals surface area (Å²) in [5.74, 6) is 0.289. The Hall–Kier alpha value is -2.32. The molecule has 112 valence electrons. The maximum absolute atomic E-state index is 12.8. The number of furan rings is 1. The van der Waals surface area contributed by atoms with E-state index in [2.05, 4.69) is 0 Å². The first-order valence-electron chi connectivity index (χ1n) is 5.93. The Morgan fingerprint density at radius 2 is 2.38 bits per heavy atom. The lowest BCUT2D eigenvalue weighted by molar-refractivity contribution is -0.0560. The second-order valence-corrected chi connectivity index (χ2v) is 5.00. The number of ether oxygens (including phenoxy) is 1. The molecule has 0 aliphatic rings. The van der Waals surface area contributed by atoms with Gasteiger partial charge in [0, 0.05) is 17.5 Å². The van der Waals surface area contributed by atoms with Crippen LogP contribution in [0.4, 0.5) is 9.18 Å². The fourth-order valence-corrected chi connectivity index (χ4v) is 2.05.